The summed E-state index contributed by atoms with van der Waals surface area (Å²) in [6.45, 7) is 2.22. The molecule has 2 rings (SSSR count). The summed E-state index contributed by atoms with van der Waals surface area (Å²) in [6, 6.07) is 13.3. The molecule has 0 saturated heterocycles. The second-order valence-electron chi connectivity index (χ2n) is 5.19. The number of rotatable bonds is 8. The highest BCUT2D eigenvalue weighted by Gasteiger charge is 2.13. The van der Waals surface area contributed by atoms with Gasteiger partial charge in [-0.2, -0.15) is 11.8 Å². The fourth-order valence-electron chi connectivity index (χ4n) is 1.98. The molecule has 1 N–H and O–H groups in total. The van der Waals surface area contributed by atoms with Crippen LogP contribution in [0.25, 0.3) is 0 Å². The highest BCUT2D eigenvalue weighted by atomic mass is 35.5. The summed E-state index contributed by atoms with van der Waals surface area (Å²) in [6.07, 6.45) is -0.631. The van der Waals surface area contributed by atoms with Gasteiger partial charge in [0.1, 0.15) is 11.6 Å². The van der Waals surface area contributed by atoms with E-state index in [1.54, 1.807) is 18.7 Å². The molecule has 0 spiro atoms. The van der Waals surface area contributed by atoms with Gasteiger partial charge in [0.05, 0.1) is 0 Å². The predicted molar refractivity (Wildman–Crippen MR) is 97.1 cm³/mol. The first-order chi connectivity index (χ1) is 11.5. The first-order valence-electron chi connectivity index (χ1n) is 7.57. The number of ether oxygens (including phenoxy) is 1. The van der Waals surface area contributed by atoms with Gasteiger partial charge in [-0.3, -0.25) is 4.79 Å². The normalized spacial score (nSPS) is 11.8. The molecule has 0 fully saturated rings. The van der Waals surface area contributed by atoms with Crippen LogP contribution in [0.2, 0.25) is 5.02 Å². The third-order valence-corrected chi connectivity index (χ3v) is 4.46. The minimum absolute atomic E-state index is 0.192. The zero-order valence-electron chi connectivity index (χ0n) is 13.3. The van der Waals surface area contributed by atoms with Crippen molar-refractivity contribution >= 4 is 29.3 Å². The Morgan fingerprint density at radius 2 is 2.04 bits per heavy atom. The Bertz CT molecular complexity index is 666. The van der Waals surface area contributed by atoms with E-state index in [1.807, 2.05) is 24.3 Å². The highest BCUT2D eigenvalue weighted by Crippen LogP contribution is 2.16. The maximum absolute atomic E-state index is 12.8. The van der Waals surface area contributed by atoms with Crippen molar-refractivity contribution in [1.29, 1.82) is 0 Å². The minimum Gasteiger partial charge on any atom is -0.481 e. The average Bonchev–Trinajstić information content (AvgIpc) is 2.56. The van der Waals surface area contributed by atoms with E-state index in [-0.39, 0.29) is 11.7 Å². The van der Waals surface area contributed by atoms with Crippen LogP contribution in [0.1, 0.15) is 12.5 Å². The smallest absolute Gasteiger partial charge is 0.260 e. The van der Waals surface area contributed by atoms with Crippen molar-refractivity contribution in [3.63, 3.8) is 0 Å². The highest BCUT2D eigenvalue weighted by molar-refractivity contribution is 7.98. The molecule has 0 radical (unpaired) electrons. The zero-order chi connectivity index (χ0) is 17.4. The van der Waals surface area contributed by atoms with Gasteiger partial charge < -0.3 is 10.1 Å². The number of amides is 1. The molecular formula is C18H19ClFNO2S. The summed E-state index contributed by atoms with van der Waals surface area (Å²) < 4.78 is 18.3. The summed E-state index contributed by atoms with van der Waals surface area (Å²) in [4.78, 5) is 12.0. The second-order valence-corrected chi connectivity index (χ2v) is 6.73. The number of carbonyl (C=O) groups excluding carboxylic acids is 1. The Morgan fingerprint density at radius 1 is 1.29 bits per heavy atom. The molecule has 128 valence electrons. The van der Waals surface area contributed by atoms with Gasteiger partial charge in [0.15, 0.2) is 6.10 Å². The van der Waals surface area contributed by atoms with E-state index in [1.165, 1.54) is 24.3 Å². The molecule has 0 heterocycles. The Kier molecular flexibility index (Phi) is 7.40. The molecule has 0 unspecified atom stereocenters. The van der Waals surface area contributed by atoms with Crippen molar-refractivity contribution in [2.75, 3.05) is 12.3 Å². The van der Waals surface area contributed by atoms with Crippen molar-refractivity contribution in [2.24, 2.45) is 0 Å². The third kappa shape index (κ3) is 6.42. The van der Waals surface area contributed by atoms with Gasteiger partial charge in [-0.15, -0.1) is 0 Å². The van der Waals surface area contributed by atoms with Crippen LogP contribution in [0.15, 0.2) is 48.5 Å². The number of hydrogen-bond acceptors (Lipinski definition) is 3. The fourth-order valence-corrected chi connectivity index (χ4v) is 3.00. The quantitative estimate of drug-likeness (QED) is 0.707. The average molecular weight is 368 g/mol. The van der Waals surface area contributed by atoms with Crippen LogP contribution in [0.3, 0.4) is 0 Å². The standard InChI is InChI=1S/C18H19ClFNO2S/c1-13(23-17-7-5-16(20)6-8-17)18(22)21-9-10-24-12-14-3-2-4-15(19)11-14/h2-8,11,13H,9-10,12H2,1H3,(H,21,22)/t13-/m1/s1. The molecule has 2 aromatic rings. The van der Waals surface area contributed by atoms with Gasteiger partial charge in [0, 0.05) is 23.1 Å². The number of nitrogens with one attached hydrogen (secondary N) is 1. The van der Waals surface area contributed by atoms with Gasteiger partial charge in [0.25, 0.3) is 5.91 Å². The van der Waals surface area contributed by atoms with Crippen LogP contribution in [0.4, 0.5) is 4.39 Å². The predicted octanol–water partition coefficient (Wildman–Crippen LogP) is 4.30. The summed E-state index contributed by atoms with van der Waals surface area (Å²) in [5.74, 6) is 1.58. The van der Waals surface area contributed by atoms with Crippen molar-refractivity contribution in [2.45, 2.75) is 18.8 Å². The maximum Gasteiger partial charge on any atom is 0.260 e. The van der Waals surface area contributed by atoms with Gasteiger partial charge >= 0.3 is 0 Å². The molecule has 3 nitrogen and oxygen atoms in total. The summed E-state index contributed by atoms with van der Waals surface area (Å²) >= 11 is 7.65. The molecule has 0 aromatic heterocycles. The molecule has 6 heteroatoms. The number of carbonyl (C=O) groups is 1. The molecule has 0 aliphatic heterocycles. The fraction of sp³-hybridized carbons (Fsp3) is 0.278. The summed E-state index contributed by atoms with van der Waals surface area (Å²) in [5, 5.41) is 3.56. The number of hydrogen-bond donors (Lipinski definition) is 1. The zero-order valence-corrected chi connectivity index (χ0v) is 14.9. The van der Waals surface area contributed by atoms with E-state index < -0.39 is 6.10 Å². The molecule has 0 aliphatic rings. The minimum atomic E-state index is -0.631. The monoisotopic (exact) mass is 367 g/mol. The summed E-state index contributed by atoms with van der Waals surface area (Å²) in [7, 11) is 0. The molecule has 24 heavy (non-hydrogen) atoms. The Labute approximate surface area is 150 Å². The molecular weight excluding hydrogens is 349 g/mol. The topological polar surface area (TPSA) is 38.3 Å². The van der Waals surface area contributed by atoms with Crippen molar-refractivity contribution in [1.82, 2.24) is 5.32 Å². The number of thioether (sulfide) groups is 1. The molecule has 2 aromatic carbocycles. The van der Waals surface area contributed by atoms with Crippen LogP contribution in [0.5, 0.6) is 5.75 Å². The Hall–Kier alpha value is -1.72. The van der Waals surface area contributed by atoms with Crippen LogP contribution in [-0.2, 0) is 10.5 Å². The van der Waals surface area contributed by atoms with Gasteiger partial charge in [0.2, 0.25) is 0 Å². The van der Waals surface area contributed by atoms with E-state index >= 15 is 0 Å². The van der Waals surface area contributed by atoms with Crippen molar-refractivity contribution in [3.05, 3.63) is 64.9 Å². The Morgan fingerprint density at radius 3 is 2.75 bits per heavy atom. The molecule has 1 atom stereocenters. The maximum atomic E-state index is 12.8. The molecule has 1 amide bonds. The largest absolute Gasteiger partial charge is 0.481 e. The SMILES string of the molecule is C[C@@H](Oc1ccc(F)cc1)C(=O)NCCSCc1cccc(Cl)c1. The van der Waals surface area contributed by atoms with E-state index in [0.717, 1.165) is 22.1 Å². The Balaban J connectivity index is 1.64. The molecule has 0 aliphatic carbocycles. The molecule has 0 saturated carbocycles. The van der Waals surface area contributed by atoms with E-state index in [9.17, 15) is 9.18 Å². The lowest BCUT2D eigenvalue weighted by molar-refractivity contribution is -0.127. The first-order valence-corrected chi connectivity index (χ1v) is 9.10. The summed E-state index contributed by atoms with van der Waals surface area (Å²) in [5.41, 5.74) is 1.16. The third-order valence-electron chi connectivity index (χ3n) is 3.20. The van der Waals surface area contributed by atoms with Crippen molar-refractivity contribution < 1.29 is 13.9 Å². The van der Waals surface area contributed by atoms with Gasteiger partial charge in [-0.05, 0) is 48.9 Å². The number of halogens is 2. The van der Waals surface area contributed by atoms with E-state index in [0.29, 0.717) is 12.3 Å². The number of benzene rings is 2. The lowest BCUT2D eigenvalue weighted by atomic mass is 10.2. The van der Waals surface area contributed by atoms with Crippen LogP contribution < -0.4 is 10.1 Å². The molecule has 0 bridgehead atoms. The first kappa shape index (κ1) is 18.6. The van der Waals surface area contributed by atoms with Crippen molar-refractivity contribution in [3.8, 4) is 5.75 Å². The lowest BCUT2D eigenvalue weighted by Crippen LogP contribution is -2.37. The van der Waals surface area contributed by atoms with Crippen LogP contribution >= 0.6 is 23.4 Å². The van der Waals surface area contributed by atoms with E-state index in [2.05, 4.69) is 5.32 Å². The second kappa shape index (κ2) is 9.55. The van der Waals surface area contributed by atoms with Crippen LogP contribution in [-0.4, -0.2) is 24.3 Å². The van der Waals surface area contributed by atoms with Gasteiger partial charge in [-0.25, -0.2) is 4.39 Å². The lowest BCUT2D eigenvalue weighted by Gasteiger charge is -2.14. The van der Waals surface area contributed by atoms with Crippen LogP contribution in [0, 0.1) is 5.82 Å². The van der Waals surface area contributed by atoms with E-state index in [4.69, 9.17) is 16.3 Å². The van der Waals surface area contributed by atoms with Gasteiger partial charge in [-0.1, -0.05) is 23.7 Å².